The van der Waals surface area contributed by atoms with Crippen molar-refractivity contribution in [1.29, 1.82) is 0 Å². The molecule has 6 nitrogen and oxygen atoms in total. The molecule has 2 N–H and O–H groups in total. The van der Waals surface area contributed by atoms with E-state index in [4.69, 9.17) is 0 Å². The number of benzene rings is 1. The molecule has 0 bridgehead atoms. The molecular weight excluding hydrogens is 354 g/mol. The lowest BCUT2D eigenvalue weighted by atomic mass is 9.58. The van der Waals surface area contributed by atoms with Crippen molar-refractivity contribution in [2.24, 2.45) is 5.41 Å². The van der Waals surface area contributed by atoms with Gasteiger partial charge in [-0.3, -0.25) is 9.69 Å². The molecular formula is C22H29N3O3. The van der Waals surface area contributed by atoms with Gasteiger partial charge in [-0.05, 0) is 61.0 Å². The highest BCUT2D eigenvalue weighted by Crippen LogP contribution is 2.54. The van der Waals surface area contributed by atoms with Gasteiger partial charge in [-0.2, -0.15) is 0 Å². The molecule has 5 rings (SSSR count). The Morgan fingerprint density at radius 1 is 1.04 bits per heavy atom. The number of hydrogen-bond donors (Lipinski definition) is 2. The van der Waals surface area contributed by atoms with E-state index >= 15 is 0 Å². The number of piperidine rings is 1. The summed E-state index contributed by atoms with van der Waals surface area (Å²) in [6.07, 6.45) is 5.74. The number of nitrogens with zero attached hydrogens (tertiary/aromatic N) is 2. The largest absolute Gasteiger partial charge is 0.465 e. The monoisotopic (exact) mass is 383 g/mol. The van der Waals surface area contributed by atoms with Gasteiger partial charge in [0.05, 0.1) is 0 Å². The SMILES string of the molecule is O=C1NCCN(C2CCC23CCN(C(=O)O)CC3)C1c1ccccc1C1CC1. The number of rotatable bonds is 3. The Balaban J connectivity index is 1.42. The van der Waals surface area contributed by atoms with E-state index in [-0.39, 0.29) is 17.4 Å². The molecule has 4 aliphatic rings. The van der Waals surface area contributed by atoms with Crippen LogP contribution in [0.1, 0.15) is 61.6 Å². The highest BCUT2D eigenvalue weighted by molar-refractivity contribution is 5.84. The van der Waals surface area contributed by atoms with Gasteiger partial charge in [0.1, 0.15) is 6.04 Å². The summed E-state index contributed by atoms with van der Waals surface area (Å²) in [4.78, 5) is 28.3. The smallest absolute Gasteiger partial charge is 0.407 e. The number of amides is 2. The molecule has 150 valence electrons. The molecule has 1 aromatic carbocycles. The maximum absolute atomic E-state index is 13.0. The molecule has 2 heterocycles. The van der Waals surface area contributed by atoms with E-state index in [9.17, 15) is 14.7 Å². The average Bonchev–Trinajstić information content (AvgIpc) is 3.53. The fourth-order valence-corrected chi connectivity index (χ4v) is 5.79. The molecule has 28 heavy (non-hydrogen) atoms. The van der Waals surface area contributed by atoms with E-state index in [1.807, 2.05) is 0 Å². The summed E-state index contributed by atoms with van der Waals surface area (Å²) >= 11 is 0. The van der Waals surface area contributed by atoms with Gasteiger partial charge in [0.2, 0.25) is 5.91 Å². The van der Waals surface area contributed by atoms with Gasteiger partial charge in [0, 0.05) is 32.2 Å². The van der Waals surface area contributed by atoms with Crippen molar-refractivity contribution in [3.05, 3.63) is 35.4 Å². The zero-order chi connectivity index (χ0) is 19.3. The Morgan fingerprint density at radius 3 is 2.36 bits per heavy atom. The fraction of sp³-hybridized carbons (Fsp3) is 0.636. The van der Waals surface area contributed by atoms with E-state index in [0.717, 1.165) is 32.2 Å². The molecule has 4 fully saturated rings. The zero-order valence-corrected chi connectivity index (χ0v) is 16.3. The van der Waals surface area contributed by atoms with Crippen molar-refractivity contribution in [3.8, 4) is 0 Å². The fourth-order valence-electron chi connectivity index (χ4n) is 5.79. The van der Waals surface area contributed by atoms with E-state index in [2.05, 4.69) is 34.5 Å². The number of carbonyl (C=O) groups is 2. The number of likely N-dealkylation sites (tertiary alicyclic amines) is 1. The second-order valence-electron chi connectivity index (χ2n) is 9.02. The third kappa shape index (κ3) is 2.89. The van der Waals surface area contributed by atoms with Crippen LogP contribution in [0.3, 0.4) is 0 Å². The van der Waals surface area contributed by atoms with Crippen LogP contribution in [-0.4, -0.2) is 59.1 Å². The van der Waals surface area contributed by atoms with Crippen LogP contribution in [0.5, 0.6) is 0 Å². The Labute approximate surface area is 165 Å². The molecule has 2 amide bonds. The van der Waals surface area contributed by atoms with Crippen LogP contribution in [-0.2, 0) is 4.79 Å². The Hall–Kier alpha value is -2.08. The Morgan fingerprint density at radius 2 is 1.75 bits per heavy atom. The van der Waals surface area contributed by atoms with Crippen molar-refractivity contribution >= 4 is 12.0 Å². The lowest BCUT2D eigenvalue weighted by Gasteiger charge is -2.59. The quantitative estimate of drug-likeness (QED) is 0.842. The minimum atomic E-state index is -0.806. The van der Waals surface area contributed by atoms with Crippen molar-refractivity contribution < 1.29 is 14.7 Å². The van der Waals surface area contributed by atoms with Gasteiger partial charge >= 0.3 is 6.09 Å². The molecule has 2 unspecified atom stereocenters. The lowest BCUT2D eigenvalue weighted by Crippen LogP contribution is -2.64. The highest BCUT2D eigenvalue weighted by Gasteiger charge is 2.54. The first-order valence-electron chi connectivity index (χ1n) is 10.7. The van der Waals surface area contributed by atoms with Crippen molar-refractivity contribution in [2.45, 2.75) is 56.5 Å². The molecule has 2 aliphatic heterocycles. The summed E-state index contributed by atoms with van der Waals surface area (Å²) in [5, 5.41) is 12.4. The van der Waals surface area contributed by atoms with Gasteiger partial charge in [0.25, 0.3) is 0 Å². The van der Waals surface area contributed by atoms with E-state index in [1.165, 1.54) is 24.0 Å². The lowest BCUT2D eigenvalue weighted by molar-refractivity contribution is -0.140. The van der Waals surface area contributed by atoms with Crippen LogP contribution in [0.15, 0.2) is 24.3 Å². The summed E-state index contributed by atoms with van der Waals surface area (Å²) < 4.78 is 0. The van der Waals surface area contributed by atoms with Crippen molar-refractivity contribution in [3.63, 3.8) is 0 Å². The minimum absolute atomic E-state index is 0.129. The van der Waals surface area contributed by atoms with E-state index in [1.54, 1.807) is 4.90 Å². The molecule has 0 aromatic heterocycles. The molecule has 2 saturated heterocycles. The third-order valence-corrected chi connectivity index (χ3v) is 7.61. The normalized spacial score (nSPS) is 30.0. The summed E-state index contributed by atoms with van der Waals surface area (Å²) in [6, 6.07) is 8.68. The summed E-state index contributed by atoms with van der Waals surface area (Å²) in [5.41, 5.74) is 2.71. The Kier molecular flexibility index (Phi) is 4.34. The van der Waals surface area contributed by atoms with Crippen LogP contribution in [0, 0.1) is 5.41 Å². The molecule has 2 atom stereocenters. The van der Waals surface area contributed by atoms with Crippen LogP contribution < -0.4 is 5.32 Å². The standard InChI is InChI=1S/C22H29N3O3/c26-20-19(17-4-2-1-3-16(17)15-5-6-15)25(14-11-23-20)18-7-8-22(18)9-12-24(13-10-22)21(27)28/h1-4,15,18-19H,5-14H2,(H,23,26)(H,27,28). The van der Waals surface area contributed by atoms with Gasteiger partial charge in [-0.1, -0.05) is 24.3 Å². The summed E-state index contributed by atoms with van der Waals surface area (Å²) in [5.74, 6) is 0.742. The molecule has 2 saturated carbocycles. The van der Waals surface area contributed by atoms with Gasteiger partial charge in [0.15, 0.2) is 0 Å². The summed E-state index contributed by atoms with van der Waals surface area (Å²) in [6.45, 7) is 2.82. The first kappa shape index (κ1) is 18.0. The first-order chi connectivity index (χ1) is 13.6. The average molecular weight is 383 g/mol. The molecule has 6 heteroatoms. The second-order valence-corrected chi connectivity index (χ2v) is 9.02. The number of carbonyl (C=O) groups excluding carboxylic acids is 1. The highest BCUT2D eigenvalue weighted by atomic mass is 16.4. The van der Waals surface area contributed by atoms with Crippen molar-refractivity contribution in [2.75, 3.05) is 26.2 Å². The zero-order valence-electron chi connectivity index (χ0n) is 16.3. The predicted molar refractivity (Wildman–Crippen MR) is 105 cm³/mol. The Bertz CT molecular complexity index is 783. The molecule has 1 spiro atoms. The second kappa shape index (κ2) is 6.76. The number of nitrogens with one attached hydrogen (secondary N) is 1. The minimum Gasteiger partial charge on any atom is -0.465 e. The maximum Gasteiger partial charge on any atom is 0.407 e. The summed E-state index contributed by atoms with van der Waals surface area (Å²) in [7, 11) is 0. The third-order valence-electron chi connectivity index (χ3n) is 7.61. The van der Waals surface area contributed by atoms with Crippen LogP contribution in [0.4, 0.5) is 4.79 Å². The van der Waals surface area contributed by atoms with E-state index < -0.39 is 6.09 Å². The number of carboxylic acid groups (broad SMARTS) is 1. The number of hydrogen-bond acceptors (Lipinski definition) is 3. The van der Waals surface area contributed by atoms with Crippen molar-refractivity contribution in [1.82, 2.24) is 15.1 Å². The molecule has 2 aliphatic carbocycles. The molecule has 0 radical (unpaired) electrons. The van der Waals surface area contributed by atoms with Crippen LogP contribution >= 0.6 is 0 Å². The number of piperazine rings is 1. The maximum atomic E-state index is 13.0. The van der Waals surface area contributed by atoms with Crippen LogP contribution in [0.25, 0.3) is 0 Å². The van der Waals surface area contributed by atoms with Gasteiger partial charge in [-0.25, -0.2) is 4.79 Å². The van der Waals surface area contributed by atoms with Gasteiger partial charge < -0.3 is 15.3 Å². The first-order valence-corrected chi connectivity index (χ1v) is 10.7. The molecule has 1 aromatic rings. The van der Waals surface area contributed by atoms with Gasteiger partial charge in [-0.15, -0.1) is 0 Å². The topological polar surface area (TPSA) is 72.9 Å². The predicted octanol–water partition coefficient (Wildman–Crippen LogP) is 2.96. The van der Waals surface area contributed by atoms with Crippen LogP contribution in [0.2, 0.25) is 0 Å². The van der Waals surface area contributed by atoms with E-state index in [0.29, 0.717) is 31.6 Å².